The molecule has 1 aromatic heterocycles. The van der Waals surface area contributed by atoms with Crippen molar-refractivity contribution in [3.63, 3.8) is 0 Å². The van der Waals surface area contributed by atoms with Gasteiger partial charge in [0.1, 0.15) is 5.58 Å². The highest BCUT2D eigenvalue weighted by Gasteiger charge is 2.23. The van der Waals surface area contributed by atoms with Crippen molar-refractivity contribution in [1.29, 1.82) is 0 Å². The molecule has 37 heavy (non-hydrogen) atoms. The van der Waals surface area contributed by atoms with E-state index in [0.717, 1.165) is 11.1 Å². The number of aromatic nitrogens is 1. The van der Waals surface area contributed by atoms with E-state index >= 15 is 0 Å². The van der Waals surface area contributed by atoms with Crippen LogP contribution >= 0.6 is 0 Å². The summed E-state index contributed by atoms with van der Waals surface area (Å²) in [5.41, 5.74) is 1.86. The molecule has 1 heterocycles. The van der Waals surface area contributed by atoms with Crippen molar-refractivity contribution < 1.29 is 4.42 Å². The van der Waals surface area contributed by atoms with Gasteiger partial charge in [0.05, 0.1) is 5.52 Å². The van der Waals surface area contributed by atoms with Gasteiger partial charge >= 0.3 is 0 Å². The SMILES string of the molecule is c1ccc2c(c1)cc1ccc3c4ccc5cc6ccccc6c6cc7ocnc8cc2c1c3c8c7c4c56. The molecule has 0 aliphatic heterocycles. The first-order valence-corrected chi connectivity index (χ1v) is 12.7. The van der Waals surface area contributed by atoms with Gasteiger partial charge in [-0.05, 0) is 88.9 Å². The molecule has 0 atom stereocenters. The Morgan fingerprint density at radius 2 is 1.00 bits per heavy atom. The van der Waals surface area contributed by atoms with Gasteiger partial charge in [0, 0.05) is 21.5 Å². The van der Waals surface area contributed by atoms with Crippen LogP contribution in [-0.4, -0.2) is 4.98 Å². The first-order valence-electron chi connectivity index (χ1n) is 12.7. The van der Waals surface area contributed by atoms with Gasteiger partial charge < -0.3 is 4.42 Å². The Bertz CT molecular complexity index is 2390. The molecule has 168 valence electrons. The van der Waals surface area contributed by atoms with E-state index in [9.17, 15) is 0 Å². The Kier molecular flexibility index (Phi) is 3.00. The summed E-state index contributed by atoms with van der Waals surface area (Å²) >= 11 is 0. The summed E-state index contributed by atoms with van der Waals surface area (Å²) in [7, 11) is 0. The van der Waals surface area contributed by atoms with E-state index < -0.39 is 0 Å². The molecule has 10 aromatic rings. The van der Waals surface area contributed by atoms with Crippen LogP contribution in [0.4, 0.5) is 0 Å². The van der Waals surface area contributed by atoms with Crippen molar-refractivity contribution in [3.8, 4) is 0 Å². The smallest absolute Gasteiger partial charge is 0.181 e. The molecule has 0 saturated carbocycles. The Morgan fingerprint density at radius 3 is 1.68 bits per heavy atom. The Morgan fingerprint density at radius 1 is 0.405 bits per heavy atom. The predicted molar refractivity (Wildman–Crippen MR) is 156 cm³/mol. The van der Waals surface area contributed by atoms with Crippen molar-refractivity contribution in [2.45, 2.75) is 0 Å². The first kappa shape index (κ1) is 18.3. The minimum absolute atomic E-state index is 0.881. The van der Waals surface area contributed by atoms with E-state index in [0.29, 0.717) is 0 Å². The minimum Gasteiger partial charge on any atom is -0.445 e. The van der Waals surface area contributed by atoms with Crippen molar-refractivity contribution in [1.82, 2.24) is 4.98 Å². The van der Waals surface area contributed by atoms with Crippen LogP contribution in [-0.2, 0) is 0 Å². The second kappa shape index (κ2) is 6.05. The fraction of sp³-hybridized carbons (Fsp3) is 0. The lowest BCUT2D eigenvalue weighted by atomic mass is 9.83. The highest BCUT2D eigenvalue weighted by molar-refractivity contribution is 6.46. The second-order valence-electron chi connectivity index (χ2n) is 10.3. The van der Waals surface area contributed by atoms with Crippen LogP contribution in [0.3, 0.4) is 0 Å². The zero-order valence-corrected chi connectivity index (χ0v) is 19.7. The van der Waals surface area contributed by atoms with Gasteiger partial charge in [-0.1, -0.05) is 72.8 Å². The summed E-state index contributed by atoms with van der Waals surface area (Å²) in [5.74, 6) is 0. The highest BCUT2D eigenvalue weighted by atomic mass is 16.3. The van der Waals surface area contributed by atoms with Gasteiger partial charge in [-0.15, -0.1) is 0 Å². The van der Waals surface area contributed by atoms with Crippen molar-refractivity contribution in [3.05, 3.63) is 103 Å². The Balaban J connectivity index is 1.61. The third-order valence-corrected chi connectivity index (χ3v) is 8.61. The molecule has 9 aromatic carbocycles. The minimum atomic E-state index is 0.881. The largest absolute Gasteiger partial charge is 0.445 e. The Labute approximate surface area is 210 Å². The van der Waals surface area contributed by atoms with E-state index in [1.807, 2.05) is 0 Å². The van der Waals surface area contributed by atoms with Crippen LogP contribution in [0.5, 0.6) is 0 Å². The lowest BCUT2D eigenvalue weighted by Crippen LogP contribution is -1.92. The maximum atomic E-state index is 6.31. The van der Waals surface area contributed by atoms with Crippen LogP contribution in [0.1, 0.15) is 0 Å². The topological polar surface area (TPSA) is 26.0 Å². The van der Waals surface area contributed by atoms with Crippen molar-refractivity contribution in [2.75, 3.05) is 0 Å². The van der Waals surface area contributed by atoms with Crippen LogP contribution in [0.25, 0.3) is 97.3 Å². The van der Waals surface area contributed by atoms with E-state index in [-0.39, 0.29) is 0 Å². The number of fused-ring (bicyclic) bond motifs is 5. The van der Waals surface area contributed by atoms with E-state index in [4.69, 9.17) is 9.40 Å². The number of hydrogen-bond acceptors (Lipinski definition) is 2. The number of hydrogen-bond donors (Lipinski definition) is 0. The number of nitrogens with zero attached hydrogens (tertiary/aromatic N) is 1. The normalized spacial score (nSPS) is 12.9. The molecule has 0 unspecified atom stereocenters. The second-order valence-corrected chi connectivity index (χ2v) is 10.3. The molecule has 10 rings (SSSR count). The molecule has 0 fully saturated rings. The standard InChI is InChI=1S/C35H17NO/c1-3-7-22-18(5-1)13-20-9-11-24-25-12-10-21-14-19-6-2-4-8-23(19)27-16-29-35(33(25)31(21)27)34-28(36-17-37-29)15-26(22)30(20)32(24)34/h1-17H. The lowest BCUT2D eigenvalue weighted by Gasteiger charge is -2.19. The number of benzene rings is 9. The van der Waals surface area contributed by atoms with Gasteiger partial charge in [0.25, 0.3) is 0 Å². The molecule has 0 aliphatic rings. The van der Waals surface area contributed by atoms with E-state index in [1.165, 1.54) is 86.2 Å². The van der Waals surface area contributed by atoms with Gasteiger partial charge in [0.15, 0.2) is 6.39 Å². The monoisotopic (exact) mass is 467 g/mol. The quantitative estimate of drug-likeness (QED) is 0.164. The maximum absolute atomic E-state index is 6.31. The Hall–Kier alpha value is -4.95. The average molecular weight is 468 g/mol. The average Bonchev–Trinajstić information content (AvgIpc) is 3.13. The molecule has 0 radical (unpaired) electrons. The van der Waals surface area contributed by atoms with Gasteiger partial charge in [-0.2, -0.15) is 0 Å². The molecular weight excluding hydrogens is 450 g/mol. The van der Waals surface area contributed by atoms with Crippen LogP contribution < -0.4 is 0 Å². The third kappa shape index (κ3) is 2.05. The van der Waals surface area contributed by atoms with Crippen LogP contribution in [0, 0.1) is 0 Å². The molecular formula is C35H17NO. The zero-order chi connectivity index (χ0) is 23.8. The summed E-state index contributed by atoms with van der Waals surface area (Å²) in [6.07, 6.45) is 1.63. The molecule has 2 nitrogen and oxygen atoms in total. The predicted octanol–water partition coefficient (Wildman–Crippen LogP) is 9.93. The molecule has 0 bridgehead atoms. The summed E-state index contributed by atoms with van der Waals surface area (Å²) in [4.78, 5) is 4.89. The molecule has 2 heteroatoms. The fourth-order valence-electron chi connectivity index (χ4n) is 7.17. The summed E-state index contributed by atoms with van der Waals surface area (Å²) < 4.78 is 6.31. The summed E-state index contributed by atoms with van der Waals surface area (Å²) in [6, 6.07) is 35.7. The first-order chi connectivity index (χ1) is 18.3. The number of rotatable bonds is 0. The molecule has 0 spiro atoms. The molecule has 0 N–H and O–H groups in total. The van der Waals surface area contributed by atoms with Crippen LogP contribution in [0.2, 0.25) is 0 Å². The molecule has 0 aliphatic carbocycles. The maximum Gasteiger partial charge on any atom is 0.181 e. The van der Waals surface area contributed by atoms with Gasteiger partial charge in [0.2, 0.25) is 0 Å². The zero-order valence-electron chi connectivity index (χ0n) is 19.7. The van der Waals surface area contributed by atoms with E-state index in [1.54, 1.807) is 6.39 Å². The lowest BCUT2D eigenvalue weighted by molar-refractivity contribution is 0.588. The third-order valence-electron chi connectivity index (χ3n) is 8.61. The summed E-state index contributed by atoms with van der Waals surface area (Å²) in [5, 5.41) is 20.1. The van der Waals surface area contributed by atoms with E-state index in [2.05, 4.69) is 97.1 Å². The van der Waals surface area contributed by atoms with Crippen LogP contribution in [0.15, 0.2) is 108 Å². The summed E-state index contributed by atoms with van der Waals surface area (Å²) in [6.45, 7) is 0. The van der Waals surface area contributed by atoms with Crippen molar-refractivity contribution in [2.24, 2.45) is 0 Å². The van der Waals surface area contributed by atoms with Crippen molar-refractivity contribution >= 4 is 97.3 Å². The van der Waals surface area contributed by atoms with Gasteiger partial charge in [-0.25, -0.2) is 4.98 Å². The highest BCUT2D eigenvalue weighted by Crippen LogP contribution is 2.50. The molecule has 0 saturated heterocycles. The fourth-order valence-corrected chi connectivity index (χ4v) is 7.17. The molecule has 0 amide bonds. The van der Waals surface area contributed by atoms with Gasteiger partial charge in [-0.3, -0.25) is 0 Å².